The molecule has 0 aromatic heterocycles. The summed E-state index contributed by atoms with van der Waals surface area (Å²) in [5, 5.41) is 3.46. The van der Waals surface area contributed by atoms with E-state index < -0.39 is 0 Å². The predicted octanol–water partition coefficient (Wildman–Crippen LogP) is 2.49. The Kier molecular flexibility index (Phi) is 2.49. The summed E-state index contributed by atoms with van der Waals surface area (Å²) in [6.45, 7) is 5.18. The van der Waals surface area contributed by atoms with Crippen LogP contribution in [0.25, 0.3) is 0 Å². The number of fused-ring (bicyclic) bond motifs is 2. The van der Waals surface area contributed by atoms with Gasteiger partial charge in [-0.1, -0.05) is 23.8 Å². The quantitative estimate of drug-likeness (QED) is 0.721. The number of hydrogen-bond donors (Lipinski definition) is 1. The van der Waals surface area contributed by atoms with Gasteiger partial charge in [0.1, 0.15) is 0 Å². The molecular formula is C14H19NO. The van der Waals surface area contributed by atoms with E-state index in [1.165, 1.54) is 23.1 Å². The Morgan fingerprint density at radius 3 is 3.12 bits per heavy atom. The van der Waals surface area contributed by atoms with Gasteiger partial charge in [-0.2, -0.15) is 0 Å². The second-order valence-electron chi connectivity index (χ2n) is 5.05. The van der Waals surface area contributed by atoms with Crippen LogP contribution in [0.2, 0.25) is 0 Å². The summed E-state index contributed by atoms with van der Waals surface area (Å²) in [7, 11) is 0. The van der Waals surface area contributed by atoms with Gasteiger partial charge in [-0.15, -0.1) is 0 Å². The van der Waals surface area contributed by atoms with Crippen LogP contribution in [-0.2, 0) is 16.9 Å². The van der Waals surface area contributed by atoms with Crippen molar-refractivity contribution in [1.82, 2.24) is 5.32 Å². The van der Waals surface area contributed by atoms with Gasteiger partial charge in [0.2, 0.25) is 0 Å². The van der Waals surface area contributed by atoms with Crippen LogP contribution in [0, 0.1) is 6.92 Å². The standard InChI is InChI=1S/C14H19NO/c1-11-3-4-12-10-16-14(13(12)9-11)5-2-7-15-8-6-14/h3-4,9,15H,2,5-8,10H2,1H3. The molecule has 0 amide bonds. The third-order valence-electron chi connectivity index (χ3n) is 3.90. The van der Waals surface area contributed by atoms with Crippen molar-refractivity contribution in [3.8, 4) is 0 Å². The molecule has 0 radical (unpaired) electrons. The molecule has 1 atom stereocenters. The Labute approximate surface area is 97.0 Å². The minimum Gasteiger partial charge on any atom is -0.366 e. The fourth-order valence-corrected chi connectivity index (χ4v) is 2.99. The third-order valence-corrected chi connectivity index (χ3v) is 3.90. The topological polar surface area (TPSA) is 21.3 Å². The molecule has 0 saturated carbocycles. The number of nitrogens with one attached hydrogen (secondary N) is 1. The SMILES string of the molecule is Cc1ccc2c(c1)C1(CCCNCC1)OC2. The van der Waals surface area contributed by atoms with Crippen LogP contribution in [0.15, 0.2) is 18.2 Å². The van der Waals surface area contributed by atoms with Crippen molar-refractivity contribution in [2.24, 2.45) is 0 Å². The van der Waals surface area contributed by atoms with Gasteiger partial charge < -0.3 is 10.1 Å². The van der Waals surface area contributed by atoms with Gasteiger partial charge in [-0.3, -0.25) is 0 Å². The van der Waals surface area contributed by atoms with E-state index >= 15 is 0 Å². The van der Waals surface area contributed by atoms with E-state index in [0.717, 1.165) is 32.5 Å². The first-order valence-corrected chi connectivity index (χ1v) is 6.25. The Bertz CT molecular complexity index is 392. The van der Waals surface area contributed by atoms with Crippen molar-refractivity contribution in [2.45, 2.75) is 38.4 Å². The maximum Gasteiger partial charge on any atom is 0.0952 e. The number of ether oxygens (including phenoxy) is 1. The lowest BCUT2D eigenvalue weighted by atomic mass is 9.85. The average Bonchev–Trinajstić information content (AvgIpc) is 2.49. The highest BCUT2D eigenvalue weighted by Crippen LogP contribution is 2.43. The second kappa shape index (κ2) is 3.86. The molecule has 1 unspecified atom stereocenters. The summed E-state index contributed by atoms with van der Waals surface area (Å²) < 4.78 is 6.15. The molecule has 2 aliphatic heterocycles. The van der Waals surface area contributed by atoms with Crippen LogP contribution in [0.5, 0.6) is 0 Å². The highest BCUT2D eigenvalue weighted by atomic mass is 16.5. The number of rotatable bonds is 0. The molecule has 86 valence electrons. The molecule has 1 saturated heterocycles. The van der Waals surface area contributed by atoms with Crippen LogP contribution in [0.1, 0.15) is 36.0 Å². The van der Waals surface area contributed by atoms with Crippen molar-refractivity contribution < 1.29 is 4.74 Å². The van der Waals surface area contributed by atoms with E-state index in [4.69, 9.17) is 4.74 Å². The van der Waals surface area contributed by atoms with E-state index in [1.807, 2.05) is 0 Å². The minimum absolute atomic E-state index is 0.0187. The summed E-state index contributed by atoms with van der Waals surface area (Å²) in [6.07, 6.45) is 3.49. The summed E-state index contributed by atoms with van der Waals surface area (Å²) in [5.74, 6) is 0. The van der Waals surface area contributed by atoms with Gasteiger partial charge in [-0.05, 0) is 50.4 Å². The second-order valence-corrected chi connectivity index (χ2v) is 5.05. The van der Waals surface area contributed by atoms with Crippen LogP contribution in [0.3, 0.4) is 0 Å². The summed E-state index contributed by atoms with van der Waals surface area (Å²) in [4.78, 5) is 0. The molecule has 0 bridgehead atoms. The molecule has 2 heteroatoms. The van der Waals surface area contributed by atoms with Crippen molar-refractivity contribution in [1.29, 1.82) is 0 Å². The van der Waals surface area contributed by atoms with Gasteiger partial charge in [0.05, 0.1) is 12.2 Å². The average molecular weight is 217 g/mol. The predicted molar refractivity (Wildman–Crippen MR) is 64.4 cm³/mol. The highest BCUT2D eigenvalue weighted by Gasteiger charge is 2.39. The third kappa shape index (κ3) is 1.57. The number of aryl methyl sites for hydroxylation is 1. The van der Waals surface area contributed by atoms with E-state index in [-0.39, 0.29) is 5.60 Å². The van der Waals surface area contributed by atoms with E-state index in [1.54, 1.807) is 0 Å². The van der Waals surface area contributed by atoms with Gasteiger partial charge in [0, 0.05) is 0 Å². The van der Waals surface area contributed by atoms with Crippen LogP contribution in [0.4, 0.5) is 0 Å². The van der Waals surface area contributed by atoms with Crippen LogP contribution < -0.4 is 5.32 Å². The summed E-state index contributed by atoms with van der Waals surface area (Å²) >= 11 is 0. The smallest absolute Gasteiger partial charge is 0.0952 e. The minimum atomic E-state index is 0.0187. The van der Waals surface area contributed by atoms with Gasteiger partial charge >= 0.3 is 0 Å². The molecule has 1 fully saturated rings. The fourth-order valence-electron chi connectivity index (χ4n) is 2.99. The monoisotopic (exact) mass is 217 g/mol. The fraction of sp³-hybridized carbons (Fsp3) is 0.571. The Morgan fingerprint density at radius 1 is 1.25 bits per heavy atom. The molecular weight excluding hydrogens is 198 g/mol. The van der Waals surface area contributed by atoms with Crippen LogP contribution in [-0.4, -0.2) is 13.1 Å². The molecule has 1 N–H and O–H groups in total. The molecule has 2 nitrogen and oxygen atoms in total. The zero-order chi connectivity index (χ0) is 11.0. The molecule has 1 aromatic carbocycles. The maximum atomic E-state index is 6.15. The molecule has 1 spiro atoms. The zero-order valence-electron chi connectivity index (χ0n) is 9.88. The first-order valence-electron chi connectivity index (χ1n) is 6.25. The van der Waals surface area contributed by atoms with Gasteiger partial charge in [-0.25, -0.2) is 0 Å². The molecule has 3 rings (SSSR count). The summed E-state index contributed by atoms with van der Waals surface area (Å²) in [5.41, 5.74) is 4.22. The first-order chi connectivity index (χ1) is 7.80. The number of hydrogen-bond acceptors (Lipinski definition) is 2. The number of benzene rings is 1. The first kappa shape index (κ1) is 10.3. The van der Waals surface area contributed by atoms with Gasteiger partial charge in [0.15, 0.2) is 0 Å². The molecule has 1 aromatic rings. The van der Waals surface area contributed by atoms with Crippen LogP contribution >= 0.6 is 0 Å². The Balaban J connectivity index is 2.02. The normalized spacial score (nSPS) is 29.1. The van der Waals surface area contributed by atoms with Crippen molar-refractivity contribution >= 4 is 0 Å². The lowest BCUT2D eigenvalue weighted by molar-refractivity contribution is -0.0469. The molecule has 0 aliphatic carbocycles. The molecule has 16 heavy (non-hydrogen) atoms. The van der Waals surface area contributed by atoms with E-state index in [2.05, 4.69) is 30.4 Å². The Morgan fingerprint density at radius 2 is 2.19 bits per heavy atom. The van der Waals surface area contributed by atoms with E-state index in [0.29, 0.717) is 0 Å². The lowest BCUT2D eigenvalue weighted by Gasteiger charge is -2.28. The largest absolute Gasteiger partial charge is 0.366 e. The molecule has 2 aliphatic rings. The highest BCUT2D eigenvalue weighted by molar-refractivity contribution is 5.38. The molecule has 2 heterocycles. The Hall–Kier alpha value is -0.860. The van der Waals surface area contributed by atoms with E-state index in [9.17, 15) is 0 Å². The van der Waals surface area contributed by atoms with Crippen molar-refractivity contribution in [2.75, 3.05) is 13.1 Å². The zero-order valence-corrected chi connectivity index (χ0v) is 9.88. The lowest BCUT2D eigenvalue weighted by Crippen LogP contribution is -2.26. The van der Waals surface area contributed by atoms with Gasteiger partial charge in [0.25, 0.3) is 0 Å². The van der Waals surface area contributed by atoms with Crippen molar-refractivity contribution in [3.05, 3.63) is 34.9 Å². The maximum absolute atomic E-state index is 6.15. The van der Waals surface area contributed by atoms with Crippen molar-refractivity contribution in [3.63, 3.8) is 0 Å². The summed E-state index contributed by atoms with van der Waals surface area (Å²) in [6, 6.07) is 6.75.